The summed E-state index contributed by atoms with van der Waals surface area (Å²) in [6.07, 6.45) is 1.94. The number of benzene rings is 1. The van der Waals surface area contributed by atoms with Crippen LogP contribution in [-0.2, 0) is 4.79 Å². The van der Waals surface area contributed by atoms with Gasteiger partial charge in [-0.15, -0.1) is 0 Å². The van der Waals surface area contributed by atoms with Crippen molar-refractivity contribution in [3.05, 3.63) is 35.4 Å². The zero-order valence-electron chi connectivity index (χ0n) is 9.60. The minimum Gasteiger partial charge on any atom is -0.273 e. The summed E-state index contributed by atoms with van der Waals surface area (Å²) in [6, 6.07) is 9.16. The first-order chi connectivity index (χ1) is 8.20. The molecule has 0 heterocycles. The first-order valence-electron chi connectivity index (χ1n) is 5.55. The van der Waals surface area contributed by atoms with Crippen molar-refractivity contribution in [2.24, 2.45) is 11.0 Å². The van der Waals surface area contributed by atoms with Crippen molar-refractivity contribution in [3.8, 4) is 6.07 Å². The van der Waals surface area contributed by atoms with Gasteiger partial charge in [-0.2, -0.15) is 10.4 Å². The Morgan fingerprint density at radius 2 is 2.06 bits per heavy atom. The SMILES string of the molecule is C/C(=N\NC(=O)C1CC1)c1ccc(C#N)cc1. The number of amides is 1. The molecule has 4 nitrogen and oxygen atoms in total. The van der Waals surface area contributed by atoms with Crippen LogP contribution in [0.2, 0.25) is 0 Å². The lowest BCUT2D eigenvalue weighted by Gasteiger charge is -2.02. The molecule has 0 bridgehead atoms. The Hall–Kier alpha value is -2.15. The quantitative estimate of drug-likeness (QED) is 0.632. The van der Waals surface area contributed by atoms with Crippen molar-refractivity contribution in [1.29, 1.82) is 5.26 Å². The van der Waals surface area contributed by atoms with E-state index in [-0.39, 0.29) is 11.8 Å². The molecular weight excluding hydrogens is 214 g/mol. The third kappa shape index (κ3) is 2.91. The van der Waals surface area contributed by atoms with Gasteiger partial charge in [0, 0.05) is 5.92 Å². The Kier molecular flexibility index (Phi) is 3.20. The van der Waals surface area contributed by atoms with Gasteiger partial charge >= 0.3 is 0 Å². The molecule has 86 valence electrons. The van der Waals surface area contributed by atoms with Gasteiger partial charge in [-0.05, 0) is 37.5 Å². The van der Waals surface area contributed by atoms with Crippen molar-refractivity contribution in [2.45, 2.75) is 19.8 Å². The molecule has 1 aromatic carbocycles. The third-order valence-electron chi connectivity index (χ3n) is 2.71. The number of nitrogens with zero attached hydrogens (tertiary/aromatic N) is 2. The molecule has 1 N–H and O–H groups in total. The van der Waals surface area contributed by atoms with Crippen LogP contribution in [0, 0.1) is 17.2 Å². The molecule has 2 rings (SSSR count). The van der Waals surface area contributed by atoms with Crippen LogP contribution in [0.25, 0.3) is 0 Å². The first-order valence-corrected chi connectivity index (χ1v) is 5.55. The maximum atomic E-state index is 11.4. The molecule has 0 spiro atoms. The predicted octanol–water partition coefficient (Wildman–Crippen LogP) is 1.81. The zero-order valence-corrected chi connectivity index (χ0v) is 9.60. The molecule has 1 fully saturated rings. The van der Waals surface area contributed by atoms with Crippen LogP contribution < -0.4 is 5.43 Å². The standard InChI is InChI=1S/C13H13N3O/c1-9(15-16-13(17)12-6-7-12)11-4-2-10(8-14)3-5-11/h2-5,12H,6-7H2,1H3,(H,16,17)/b15-9+. The van der Waals surface area contributed by atoms with Crippen LogP contribution in [0.3, 0.4) is 0 Å². The van der Waals surface area contributed by atoms with E-state index in [0.717, 1.165) is 24.1 Å². The lowest BCUT2D eigenvalue weighted by molar-refractivity contribution is -0.122. The van der Waals surface area contributed by atoms with E-state index in [4.69, 9.17) is 5.26 Å². The number of hydrazone groups is 1. The highest BCUT2D eigenvalue weighted by Crippen LogP contribution is 2.28. The number of hydrogen-bond acceptors (Lipinski definition) is 3. The van der Waals surface area contributed by atoms with Crippen molar-refractivity contribution < 1.29 is 4.79 Å². The zero-order chi connectivity index (χ0) is 12.3. The lowest BCUT2D eigenvalue weighted by Crippen LogP contribution is -2.20. The number of nitrogens with one attached hydrogen (secondary N) is 1. The van der Waals surface area contributed by atoms with Crippen LogP contribution in [0.1, 0.15) is 30.9 Å². The Morgan fingerprint density at radius 1 is 1.41 bits per heavy atom. The van der Waals surface area contributed by atoms with Gasteiger partial charge in [-0.25, -0.2) is 5.43 Å². The van der Waals surface area contributed by atoms with Crippen LogP contribution in [0.5, 0.6) is 0 Å². The molecule has 0 saturated heterocycles. The molecule has 1 aromatic rings. The van der Waals surface area contributed by atoms with Crippen LogP contribution in [0.4, 0.5) is 0 Å². The molecule has 1 aliphatic carbocycles. The van der Waals surface area contributed by atoms with E-state index in [1.54, 1.807) is 12.1 Å². The van der Waals surface area contributed by atoms with Crippen molar-refractivity contribution >= 4 is 11.6 Å². The van der Waals surface area contributed by atoms with Crippen LogP contribution in [0.15, 0.2) is 29.4 Å². The van der Waals surface area contributed by atoms with Gasteiger partial charge in [0.25, 0.3) is 0 Å². The molecule has 0 aromatic heterocycles. The second-order valence-electron chi connectivity index (χ2n) is 4.14. The van der Waals surface area contributed by atoms with E-state index < -0.39 is 0 Å². The third-order valence-corrected chi connectivity index (χ3v) is 2.71. The van der Waals surface area contributed by atoms with Gasteiger partial charge in [0.05, 0.1) is 17.3 Å². The summed E-state index contributed by atoms with van der Waals surface area (Å²) in [5.41, 5.74) is 4.81. The molecule has 17 heavy (non-hydrogen) atoms. The van der Waals surface area contributed by atoms with Crippen LogP contribution >= 0.6 is 0 Å². The molecule has 1 amide bonds. The number of rotatable bonds is 3. The van der Waals surface area contributed by atoms with Crippen molar-refractivity contribution in [3.63, 3.8) is 0 Å². The van der Waals surface area contributed by atoms with Crippen molar-refractivity contribution in [2.75, 3.05) is 0 Å². The summed E-state index contributed by atoms with van der Waals surface area (Å²) in [7, 11) is 0. The van der Waals surface area contributed by atoms with Crippen molar-refractivity contribution in [1.82, 2.24) is 5.43 Å². The van der Waals surface area contributed by atoms with Gasteiger partial charge < -0.3 is 0 Å². The van der Waals surface area contributed by atoms with Gasteiger partial charge in [0.1, 0.15) is 0 Å². The molecule has 0 atom stereocenters. The summed E-state index contributed by atoms with van der Waals surface area (Å²) >= 11 is 0. The second-order valence-corrected chi connectivity index (χ2v) is 4.14. The monoisotopic (exact) mass is 227 g/mol. The summed E-state index contributed by atoms with van der Waals surface area (Å²) in [5.74, 6) is 0.158. The second kappa shape index (κ2) is 4.79. The van der Waals surface area contributed by atoms with E-state index in [0.29, 0.717) is 5.56 Å². The Labute approximate surface area is 99.9 Å². The summed E-state index contributed by atoms with van der Waals surface area (Å²) in [4.78, 5) is 11.4. The highest BCUT2D eigenvalue weighted by atomic mass is 16.2. The maximum absolute atomic E-state index is 11.4. The van der Waals surface area contributed by atoms with E-state index >= 15 is 0 Å². The van der Waals surface area contributed by atoms with E-state index in [9.17, 15) is 4.79 Å². The predicted molar refractivity (Wildman–Crippen MR) is 64.2 cm³/mol. The maximum Gasteiger partial charge on any atom is 0.243 e. The number of nitriles is 1. The first kappa shape index (κ1) is 11.3. The topological polar surface area (TPSA) is 65.2 Å². The minimum absolute atomic E-state index is 0.00186. The van der Waals surface area contributed by atoms with E-state index in [1.807, 2.05) is 19.1 Å². The normalized spacial score (nSPS) is 15.2. The Morgan fingerprint density at radius 3 is 2.59 bits per heavy atom. The van der Waals surface area contributed by atoms with Crippen LogP contribution in [-0.4, -0.2) is 11.6 Å². The van der Waals surface area contributed by atoms with Gasteiger partial charge in [-0.1, -0.05) is 12.1 Å². The largest absolute Gasteiger partial charge is 0.273 e. The van der Waals surface area contributed by atoms with E-state index in [2.05, 4.69) is 16.6 Å². The number of hydrogen-bond donors (Lipinski definition) is 1. The highest BCUT2D eigenvalue weighted by molar-refractivity contribution is 5.99. The smallest absolute Gasteiger partial charge is 0.243 e. The minimum atomic E-state index is -0.00186. The molecule has 4 heteroatoms. The fraction of sp³-hybridized carbons (Fsp3) is 0.308. The number of carbonyl (C=O) groups excluding carboxylic acids is 1. The highest BCUT2D eigenvalue weighted by Gasteiger charge is 2.29. The molecule has 0 unspecified atom stereocenters. The van der Waals surface area contributed by atoms with Gasteiger partial charge in [0.2, 0.25) is 5.91 Å². The van der Waals surface area contributed by atoms with Gasteiger partial charge in [-0.3, -0.25) is 4.79 Å². The fourth-order valence-electron chi connectivity index (χ4n) is 1.43. The average molecular weight is 227 g/mol. The van der Waals surface area contributed by atoms with E-state index in [1.165, 1.54) is 0 Å². The average Bonchev–Trinajstić information content (AvgIpc) is 3.20. The Balaban J connectivity index is 2.02. The summed E-state index contributed by atoms with van der Waals surface area (Å²) in [5, 5.41) is 12.7. The number of carbonyl (C=O) groups is 1. The Bertz CT molecular complexity index is 492. The summed E-state index contributed by atoms with van der Waals surface area (Å²) in [6.45, 7) is 1.83. The molecule has 1 aliphatic rings. The molecule has 0 radical (unpaired) electrons. The molecule has 1 saturated carbocycles. The molecular formula is C13H13N3O. The van der Waals surface area contributed by atoms with Gasteiger partial charge in [0.15, 0.2) is 0 Å². The fourth-order valence-corrected chi connectivity index (χ4v) is 1.43. The lowest BCUT2D eigenvalue weighted by atomic mass is 10.1. The molecule has 0 aliphatic heterocycles. The summed E-state index contributed by atoms with van der Waals surface area (Å²) < 4.78 is 0.